The molecule has 1 fully saturated rings. The molecule has 1 saturated heterocycles. The van der Waals surface area contributed by atoms with Crippen molar-refractivity contribution in [2.24, 2.45) is 0 Å². The smallest absolute Gasteiger partial charge is 0.420 e. The van der Waals surface area contributed by atoms with Gasteiger partial charge >= 0.3 is 6.09 Å². The molecule has 25 heavy (non-hydrogen) atoms. The first-order chi connectivity index (χ1) is 11.3. The van der Waals surface area contributed by atoms with Crippen LogP contribution in [0.3, 0.4) is 0 Å². The topological polar surface area (TPSA) is 85.2 Å². The SMILES string of the molecule is CC(C)(C)OC(=O)n1cnc2cc(C(=O)NC3CCNC3)ccc21.Cl. The van der Waals surface area contributed by atoms with Crippen molar-refractivity contribution in [3.05, 3.63) is 30.1 Å². The van der Waals surface area contributed by atoms with Crippen LogP contribution in [0.2, 0.25) is 0 Å². The highest BCUT2D eigenvalue weighted by molar-refractivity contribution is 5.98. The lowest BCUT2D eigenvalue weighted by atomic mass is 10.1. The molecule has 0 saturated carbocycles. The molecule has 1 aromatic carbocycles. The third kappa shape index (κ3) is 4.49. The number of carbonyl (C=O) groups excluding carboxylic acids is 2. The number of amides is 1. The number of nitrogens with one attached hydrogen (secondary N) is 2. The number of hydrogen-bond acceptors (Lipinski definition) is 5. The van der Waals surface area contributed by atoms with Crippen LogP contribution in [0.4, 0.5) is 4.79 Å². The number of nitrogens with zero attached hydrogens (tertiary/aromatic N) is 2. The first-order valence-corrected chi connectivity index (χ1v) is 8.05. The Labute approximate surface area is 152 Å². The molecule has 1 atom stereocenters. The minimum atomic E-state index is -0.581. The van der Waals surface area contributed by atoms with Gasteiger partial charge in [-0.1, -0.05) is 0 Å². The van der Waals surface area contributed by atoms with Crippen LogP contribution in [0, 0.1) is 0 Å². The number of halogens is 1. The summed E-state index contributed by atoms with van der Waals surface area (Å²) < 4.78 is 6.70. The first kappa shape index (κ1) is 19.2. The summed E-state index contributed by atoms with van der Waals surface area (Å²) in [5.41, 5.74) is 1.15. The lowest BCUT2D eigenvalue weighted by Crippen LogP contribution is -2.36. The van der Waals surface area contributed by atoms with Crippen LogP contribution in [0.5, 0.6) is 0 Å². The van der Waals surface area contributed by atoms with Gasteiger partial charge in [0.1, 0.15) is 11.9 Å². The number of fused-ring (bicyclic) bond motifs is 1. The second-order valence-corrected chi connectivity index (χ2v) is 6.96. The Kier molecular flexibility index (Phi) is 5.69. The lowest BCUT2D eigenvalue weighted by molar-refractivity contribution is 0.0543. The molecule has 2 heterocycles. The zero-order valence-corrected chi connectivity index (χ0v) is 15.4. The van der Waals surface area contributed by atoms with Gasteiger partial charge in [-0.2, -0.15) is 0 Å². The molecule has 3 rings (SSSR count). The normalized spacial score (nSPS) is 17.2. The fourth-order valence-corrected chi connectivity index (χ4v) is 2.66. The summed E-state index contributed by atoms with van der Waals surface area (Å²) in [6.45, 7) is 7.14. The van der Waals surface area contributed by atoms with Crippen molar-refractivity contribution in [3.63, 3.8) is 0 Å². The summed E-state index contributed by atoms with van der Waals surface area (Å²) in [5.74, 6) is -0.127. The standard InChI is InChI=1S/C17H22N4O3.ClH/c1-17(2,3)24-16(23)21-10-19-13-8-11(4-5-14(13)21)15(22)20-12-6-7-18-9-12;/h4-5,8,10,12,18H,6-7,9H2,1-3H3,(H,20,22);1H. The molecule has 1 aromatic heterocycles. The molecule has 1 aliphatic rings. The van der Waals surface area contributed by atoms with Gasteiger partial charge in [-0.15, -0.1) is 12.4 Å². The van der Waals surface area contributed by atoms with Gasteiger partial charge in [0.25, 0.3) is 5.91 Å². The Morgan fingerprint density at radius 1 is 1.36 bits per heavy atom. The molecule has 2 aromatic rings. The summed E-state index contributed by atoms with van der Waals surface area (Å²) in [6.07, 6.45) is 1.86. The van der Waals surface area contributed by atoms with E-state index in [0.29, 0.717) is 16.6 Å². The van der Waals surface area contributed by atoms with E-state index in [2.05, 4.69) is 15.6 Å². The highest BCUT2D eigenvalue weighted by Gasteiger charge is 2.21. The van der Waals surface area contributed by atoms with Crippen LogP contribution in [-0.2, 0) is 4.74 Å². The number of rotatable bonds is 2. The predicted octanol–water partition coefficient (Wildman–Crippen LogP) is 2.33. The molecule has 0 spiro atoms. The van der Waals surface area contributed by atoms with E-state index in [0.717, 1.165) is 19.5 Å². The van der Waals surface area contributed by atoms with E-state index >= 15 is 0 Å². The molecule has 0 aliphatic carbocycles. The van der Waals surface area contributed by atoms with Gasteiger partial charge in [0.2, 0.25) is 0 Å². The number of benzene rings is 1. The van der Waals surface area contributed by atoms with E-state index < -0.39 is 11.7 Å². The van der Waals surface area contributed by atoms with Gasteiger partial charge in [0.15, 0.2) is 0 Å². The van der Waals surface area contributed by atoms with E-state index in [1.807, 2.05) is 20.8 Å². The minimum Gasteiger partial charge on any atom is -0.443 e. The highest BCUT2D eigenvalue weighted by atomic mass is 35.5. The van der Waals surface area contributed by atoms with Crippen molar-refractivity contribution in [1.82, 2.24) is 20.2 Å². The van der Waals surface area contributed by atoms with Crippen molar-refractivity contribution in [2.45, 2.75) is 38.8 Å². The van der Waals surface area contributed by atoms with Crippen LogP contribution >= 0.6 is 12.4 Å². The van der Waals surface area contributed by atoms with Crippen LogP contribution in [0.15, 0.2) is 24.5 Å². The van der Waals surface area contributed by atoms with Crippen molar-refractivity contribution < 1.29 is 14.3 Å². The zero-order chi connectivity index (χ0) is 17.3. The first-order valence-electron chi connectivity index (χ1n) is 8.05. The molecule has 1 amide bonds. The van der Waals surface area contributed by atoms with Gasteiger partial charge in [0, 0.05) is 18.2 Å². The zero-order valence-electron chi connectivity index (χ0n) is 14.5. The second-order valence-electron chi connectivity index (χ2n) is 6.96. The Morgan fingerprint density at radius 3 is 2.76 bits per heavy atom. The van der Waals surface area contributed by atoms with Crippen LogP contribution < -0.4 is 10.6 Å². The Hall–Kier alpha value is -2.12. The van der Waals surface area contributed by atoms with Gasteiger partial charge in [-0.25, -0.2) is 14.3 Å². The van der Waals surface area contributed by atoms with Crippen molar-refractivity contribution in [1.29, 1.82) is 0 Å². The van der Waals surface area contributed by atoms with E-state index in [1.165, 1.54) is 10.9 Å². The fraction of sp³-hybridized carbons (Fsp3) is 0.471. The summed E-state index contributed by atoms with van der Waals surface area (Å²) in [6, 6.07) is 5.26. The Morgan fingerprint density at radius 2 is 2.12 bits per heavy atom. The number of carbonyl (C=O) groups is 2. The summed E-state index contributed by atoms with van der Waals surface area (Å²) >= 11 is 0. The lowest BCUT2D eigenvalue weighted by Gasteiger charge is -2.19. The molecule has 8 heteroatoms. The Balaban J connectivity index is 0.00000225. The molecule has 136 valence electrons. The molecule has 1 unspecified atom stereocenters. The fourth-order valence-electron chi connectivity index (χ4n) is 2.66. The third-order valence-electron chi connectivity index (χ3n) is 3.80. The quantitative estimate of drug-likeness (QED) is 0.852. The van der Waals surface area contributed by atoms with Gasteiger partial charge in [0.05, 0.1) is 11.0 Å². The maximum atomic E-state index is 12.3. The van der Waals surface area contributed by atoms with Crippen molar-refractivity contribution in [3.8, 4) is 0 Å². The minimum absolute atomic E-state index is 0. The maximum Gasteiger partial charge on any atom is 0.420 e. The van der Waals surface area contributed by atoms with Crippen LogP contribution in [0.1, 0.15) is 37.6 Å². The largest absolute Gasteiger partial charge is 0.443 e. The molecule has 1 aliphatic heterocycles. The summed E-state index contributed by atoms with van der Waals surface area (Å²) in [4.78, 5) is 28.7. The van der Waals surface area contributed by atoms with Gasteiger partial charge in [-0.05, 0) is 51.9 Å². The Bertz CT molecular complexity index is 776. The van der Waals surface area contributed by atoms with E-state index in [-0.39, 0.29) is 24.4 Å². The summed E-state index contributed by atoms with van der Waals surface area (Å²) in [7, 11) is 0. The molecule has 0 radical (unpaired) electrons. The molecule has 2 N–H and O–H groups in total. The molecular weight excluding hydrogens is 344 g/mol. The van der Waals surface area contributed by atoms with Crippen LogP contribution in [-0.4, -0.2) is 46.3 Å². The molecular formula is C17H23ClN4O3. The van der Waals surface area contributed by atoms with Crippen LogP contribution in [0.25, 0.3) is 11.0 Å². The number of imidazole rings is 1. The van der Waals surface area contributed by atoms with Crippen molar-refractivity contribution >= 4 is 35.4 Å². The average molecular weight is 367 g/mol. The average Bonchev–Trinajstić information content (AvgIpc) is 3.13. The number of ether oxygens (including phenoxy) is 1. The van der Waals surface area contributed by atoms with E-state index in [9.17, 15) is 9.59 Å². The highest BCUT2D eigenvalue weighted by Crippen LogP contribution is 2.17. The van der Waals surface area contributed by atoms with E-state index in [4.69, 9.17) is 4.74 Å². The predicted molar refractivity (Wildman–Crippen MR) is 97.4 cm³/mol. The summed E-state index contributed by atoms with van der Waals surface area (Å²) in [5, 5.41) is 6.20. The van der Waals surface area contributed by atoms with E-state index in [1.54, 1.807) is 18.2 Å². The number of hydrogen-bond donors (Lipinski definition) is 2. The third-order valence-corrected chi connectivity index (χ3v) is 3.80. The molecule has 0 bridgehead atoms. The maximum absolute atomic E-state index is 12.3. The van der Waals surface area contributed by atoms with Crippen molar-refractivity contribution in [2.75, 3.05) is 13.1 Å². The van der Waals surface area contributed by atoms with Gasteiger partial charge in [-0.3, -0.25) is 4.79 Å². The number of aromatic nitrogens is 2. The second kappa shape index (κ2) is 7.41. The van der Waals surface area contributed by atoms with Gasteiger partial charge < -0.3 is 15.4 Å². The monoisotopic (exact) mass is 366 g/mol. The molecule has 7 nitrogen and oxygen atoms in total.